The number of hydrogen-bond acceptors (Lipinski definition) is 3. The number of nitrogens with one attached hydrogen (secondary N) is 2. The molecule has 22 heavy (non-hydrogen) atoms. The highest BCUT2D eigenvalue weighted by molar-refractivity contribution is 7.99. The van der Waals surface area contributed by atoms with E-state index >= 15 is 0 Å². The second-order valence-corrected chi connectivity index (χ2v) is 7.44. The smallest absolute Gasteiger partial charge is 0.225 e. The second kappa shape index (κ2) is 8.83. The van der Waals surface area contributed by atoms with Gasteiger partial charge in [-0.05, 0) is 19.1 Å². The van der Waals surface area contributed by atoms with Crippen molar-refractivity contribution in [2.45, 2.75) is 39.0 Å². The van der Waals surface area contributed by atoms with Gasteiger partial charge in [-0.1, -0.05) is 38.5 Å². The summed E-state index contributed by atoms with van der Waals surface area (Å²) in [7, 11) is 0. The molecule has 0 saturated carbocycles. The Labute approximate surface area is 137 Å². The van der Waals surface area contributed by atoms with E-state index in [1.165, 1.54) is 10.5 Å². The van der Waals surface area contributed by atoms with E-state index in [4.69, 9.17) is 0 Å². The van der Waals surface area contributed by atoms with Crippen molar-refractivity contribution < 1.29 is 9.59 Å². The number of rotatable bonds is 7. The van der Waals surface area contributed by atoms with E-state index in [0.717, 1.165) is 5.75 Å². The molecule has 0 aliphatic carbocycles. The molecule has 0 radical (unpaired) electrons. The molecule has 1 rings (SSSR count). The first-order chi connectivity index (χ1) is 10.3. The summed E-state index contributed by atoms with van der Waals surface area (Å²) in [6.07, 6.45) is 0.316. The summed E-state index contributed by atoms with van der Waals surface area (Å²) in [6.45, 7) is 8.63. The van der Waals surface area contributed by atoms with Crippen LogP contribution in [0, 0.1) is 12.3 Å². The number of benzene rings is 1. The summed E-state index contributed by atoms with van der Waals surface area (Å²) in [5.74, 6) is 0.775. The highest BCUT2D eigenvalue weighted by Gasteiger charge is 2.20. The number of thioether (sulfide) groups is 1. The van der Waals surface area contributed by atoms with Crippen LogP contribution in [-0.4, -0.2) is 30.7 Å². The Morgan fingerprint density at radius 3 is 2.27 bits per heavy atom. The van der Waals surface area contributed by atoms with Crippen LogP contribution in [0.4, 0.5) is 0 Å². The van der Waals surface area contributed by atoms with Crippen molar-refractivity contribution in [2.75, 3.05) is 18.8 Å². The maximum atomic E-state index is 11.7. The molecule has 0 fully saturated rings. The molecule has 0 spiro atoms. The predicted molar refractivity (Wildman–Crippen MR) is 92.0 cm³/mol. The fraction of sp³-hybridized carbons (Fsp3) is 0.529. The largest absolute Gasteiger partial charge is 0.355 e. The lowest BCUT2D eigenvalue weighted by atomic mass is 9.96. The van der Waals surface area contributed by atoms with Gasteiger partial charge in [-0.15, -0.1) is 11.8 Å². The van der Waals surface area contributed by atoms with Crippen molar-refractivity contribution >= 4 is 23.6 Å². The minimum atomic E-state index is -0.416. The molecule has 0 heterocycles. The van der Waals surface area contributed by atoms with E-state index in [0.29, 0.717) is 19.5 Å². The molecule has 2 N–H and O–H groups in total. The number of carbonyl (C=O) groups excluding carboxylic acids is 2. The molecule has 0 atom stereocenters. The summed E-state index contributed by atoms with van der Waals surface area (Å²) in [5.41, 5.74) is 0.830. The number of amides is 2. The lowest BCUT2D eigenvalue weighted by Crippen LogP contribution is -2.37. The van der Waals surface area contributed by atoms with Crippen LogP contribution in [0.15, 0.2) is 29.2 Å². The van der Waals surface area contributed by atoms with Crippen LogP contribution < -0.4 is 10.6 Å². The molecule has 5 heteroatoms. The van der Waals surface area contributed by atoms with Crippen molar-refractivity contribution in [1.82, 2.24) is 10.6 Å². The molecular formula is C17H26N2O2S. The van der Waals surface area contributed by atoms with Crippen molar-refractivity contribution in [2.24, 2.45) is 5.41 Å². The van der Waals surface area contributed by atoms with Gasteiger partial charge in [-0.25, -0.2) is 0 Å². The molecule has 122 valence electrons. The van der Waals surface area contributed by atoms with E-state index in [9.17, 15) is 9.59 Å². The zero-order valence-electron chi connectivity index (χ0n) is 13.9. The maximum Gasteiger partial charge on any atom is 0.225 e. The van der Waals surface area contributed by atoms with Gasteiger partial charge < -0.3 is 10.6 Å². The van der Waals surface area contributed by atoms with E-state index < -0.39 is 5.41 Å². The molecule has 0 aliphatic heterocycles. The summed E-state index contributed by atoms with van der Waals surface area (Å²) >= 11 is 1.72. The van der Waals surface area contributed by atoms with Crippen LogP contribution >= 0.6 is 11.8 Å². The Morgan fingerprint density at radius 2 is 1.68 bits per heavy atom. The third kappa shape index (κ3) is 7.50. The average molecular weight is 322 g/mol. The lowest BCUT2D eigenvalue weighted by molar-refractivity contribution is -0.128. The Kier molecular flexibility index (Phi) is 7.45. The van der Waals surface area contributed by atoms with Gasteiger partial charge >= 0.3 is 0 Å². The second-order valence-electron chi connectivity index (χ2n) is 6.27. The average Bonchev–Trinajstić information content (AvgIpc) is 2.44. The molecule has 0 unspecified atom stereocenters. The summed E-state index contributed by atoms with van der Waals surface area (Å²) in [6, 6.07) is 8.34. The van der Waals surface area contributed by atoms with Gasteiger partial charge in [-0.3, -0.25) is 9.59 Å². The zero-order chi connectivity index (χ0) is 16.6. The minimum absolute atomic E-state index is 0.0290. The minimum Gasteiger partial charge on any atom is -0.355 e. The monoisotopic (exact) mass is 322 g/mol. The Morgan fingerprint density at radius 1 is 1.05 bits per heavy atom. The van der Waals surface area contributed by atoms with Gasteiger partial charge in [0, 0.05) is 35.6 Å². The molecule has 0 aromatic heterocycles. The first kappa shape index (κ1) is 18.6. The van der Waals surface area contributed by atoms with Crippen LogP contribution in [0.5, 0.6) is 0 Å². The first-order valence-corrected chi connectivity index (χ1v) is 8.52. The van der Waals surface area contributed by atoms with Crippen LogP contribution in [0.2, 0.25) is 0 Å². The number of hydrogen-bond donors (Lipinski definition) is 2. The van der Waals surface area contributed by atoms with Gasteiger partial charge in [0.25, 0.3) is 0 Å². The third-order valence-electron chi connectivity index (χ3n) is 3.03. The normalized spacial score (nSPS) is 11.1. The van der Waals surface area contributed by atoms with Gasteiger partial charge in [0.05, 0.1) is 0 Å². The molecular weight excluding hydrogens is 296 g/mol. The van der Waals surface area contributed by atoms with Gasteiger partial charge in [0.1, 0.15) is 0 Å². The summed E-state index contributed by atoms with van der Waals surface area (Å²) < 4.78 is 0. The molecule has 4 nitrogen and oxygen atoms in total. The van der Waals surface area contributed by atoms with E-state index in [2.05, 4.69) is 41.8 Å². The third-order valence-corrected chi connectivity index (χ3v) is 4.05. The molecule has 0 aliphatic rings. The topological polar surface area (TPSA) is 58.2 Å². The fourth-order valence-corrected chi connectivity index (χ4v) is 2.41. The molecule has 0 saturated heterocycles. The highest BCUT2D eigenvalue weighted by atomic mass is 32.2. The van der Waals surface area contributed by atoms with E-state index in [-0.39, 0.29) is 11.8 Å². The van der Waals surface area contributed by atoms with Gasteiger partial charge in [0.2, 0.25) is 11.8 Å². The van der Waals surface area contributed by atoms with Crippen LogP contribution in [-0.2, 0) is 9.59 Å². The maximum absolute atomic E-state index is 11.7. The predicted octanol–water partition coefficient (Wildman–Crippen LogP) is 2.76. The van der Waals surface area contributed by atoms with Crippen LogP contribution in [0.25, 0.3) is 0 Å². The van der Waals surface area contributed by atoms with Crippen molar-refractivity contribution in [1.29, 1.82) is 0 Å². The van der Waals surface area contributed by atoms with Crippen molar-refractivity contribution in [3.63, 3.8) is 0 Å². The van der Waals surface area contributed by atoms with E-state index in [1.54, 1.807) is 11.8 Å². The quantitative estimate of drug-likeness (QED) is 0.599. The van der Waals surface area contributed by atoms with Crippen molar-refractivity contribution in [3.8, 4) is 0 Å². The van der Waals surface area contributed by atoms with Crippen molar-refractivity contribution in [3.05, 3.63) is 29.8 Å². The lowest BCUT2D eigenvalue weighted by Gasteiger charge is -2.17. The van der Waals surface area contributed by atoms with Gasteiger partial charge in [0.15, 0.2) is 0 Å². The first-order valence-electron chi connectivity index (χ1n) is 7.53. The Bertz CT molecular complexity index is 492. The standard InChI is InChI=1S/C17H26N2O2S/c1-13-5-7-14(8-6-13)22-12-11-18-15(20)9-10-19-16(21)17(2,3)4/h5-8H,9-12H2,1-4H3,(H,18,20)(H,19,21). The Hall–Kier alpha value is -1.49. The number of aryl methyl sites for hydroxylation is 1. The van der Waals surface area contributed by atoms with E-state index in [1.807, 2.05) is 20.8 Å². The molecule has 0 bridgehead atoms. The summed E-state index contributed by atoms with van der Waals surface area (Å²) in [5, 5.41) is 5.64. The SMILES string of the molecule is Cc1ccc(SCCNC(=O)CCNC(=O)C(C)(C)C)cc1. The Balaban J connectivity index is 2.11. The molecule has 1 aromatic rings. The molecule has 2 amide bonds. The van der Waals surface area contributed by atoms with Crippen LogP contribution in [0.3, 0.4) is 0 Å². The van der Waals surface area contributed by atoms with Crippen LogP contribution in [0.1, 0.15) is 32.8 Å². The highest BCUT2D eigenvalue weighted by Crippen LogP contribution is 2.17. The number of carbonyl (C=O) groups is 2. The molecule has 1 aromatic carbocycles. The van der Waals surface area contributed by atoms with Gasteiger partial charge in [-0.2, -0.15) is 0 Å². The summed E-state index contributed by atoms with van der Waals surface area (Å²) in [4.78, 5) is 24.5. The zero-order valence-corrected chi connectivity index (χ0v) is 14.7. The fourth-order valence-electron chi connectivity index (χ4n) is 1.64.